The largest absolute Gasteiger partial charge is 0.348 e. The van der Waals surface area contributed by atoms with E-state index in [0.717, 1.165) is 17.4 Å². The fraction of sp³-hybridized carbons (Fsp3) is 0.286. The first-order valence-corrected chi connectivity index (χ1v) is 12.2. The molecule has 0 saturated heterocycles. The van der Waals surface area contributed by atoms with E-state index in [1.54, 1.807) is 18.2 Å². The fourth-order valence-corrected chi connectivity index (χ4v) is 4.63. The van der Waals surface area contributed by atoms with Gasteiger partial charge in [-0.25, -0.2) is 8.42 Å². The summed E-state index contributed by atoms with van der Waals surface area (Å²) in [6.45, 7) is 6.74. The summed E-state index contributed by atoms with van der Waals surface area (Å²) in [5.74, 6) is -0.227. The summed E-state index contributed by atoms with van der Waals surface area (Å²) in [5, 5.41) is 3.08. The molecule has 0 spiro atoms. The second-order valence-corrected chi connectivity index (χ2v) is 11.0. The molecule has 0 aliphatic rings. The minimum Gasteiger partial charge on any atom is -0.348 e. The molecule has 2 aromatic rings. The van der Waals surface area contributed by atoms with Gasteiger partial charge >= 0.3 is 0 Å². The molecule has 0 fully saturated rings. The molecule has 0 aliphatic carbocycles. The molecule has 2 aromatic carbocycles. The third-order valence-corrected chi connectivity index (χ3v) is 5.78. The van der Waals surface area contributed by atoms with Crippen LogP contribution in [0.4, 0.5) is 5.69 Å². The standard InChI is InChI=1S/C21H24ClIN2O3S/c1-21(2,3)16-8-5-14(6-9-16)7-10-19(26)24-13-15-11-17(22)20(18(23)12-15)25-29(4,27)28/h5-12,25H,13H2,1-4H3,(H,24,26)/b10-7+. The number of carbonyl (C=O) groups is 1. The van der Waals surface area contributed by atoms with Crippen LogP contribution < -0.4 is 10.0 Å². The lowest BCUT2D eigenvalue weighted by molar-refractivity contribution is -0.116. The van der Waals surface area contributed by atoms with Gasteiger partial charge in [-0.1, -0.05) is 56.6 Å². The monoisotopic (exact) mass is 546 g/mol. The number of rotatable bonds is 6. The summed E-state index contributed by atoms with van der Waals surface area (Å²) in [4.78, 5) is 12.1. The van der Waals surface area contributed by atoms with E-state index in [1.165, 1.54) is 11.6 Å². The third-order valence-electron chi connectivity index (χ3n) is 4.06. The van der Waals surface area contributed by atoms with E-state index in [-0.39, 0.29) is 22.9 Å². The summed E-state index contributed by atoms with van der Waals surface area (Å²) in [7, 11) is -3.42. The van der Waals surface area contributed by atoms with Crippen LogP contribution in [0, 0.1) is 3.57 Å². The summed E-state index contributed by atoms with van der Waals surface area (Å²) in [5.41, 5.74) is 3.38. The van der Waals surface area contributed by atoms with Crippen LogP contribution in [0.5, 0.6) is 0 Å². The quantitative estimate of drug-likeness (QED) is 0.398. The maximum Gasteiger partial charge on any atom is 0.244 e. The molecule has 0 unspecified atom stereocenters. The van der Waals surface area contributed by atoms with Crippen molar-refractivity contribution in [1.29, 1.82) is 0 Å². The highest BCUT2D eigenvalue weighted by Gasteiger charge is 2.13. The van der Waals surface area contributed by atoms with Gasteiger partial charge in [-0.3, -0.25) is 9.52 Å². The zero-order valence-electron chi connectivity index (χ0n) is 16.7. The molecule has 2 rings (SSSR count). The van der Waals surface area contributed by atoms with Crippen molar-refractivity contribution in [3.63, 3.8) is 0 Å². The Balaban J connectivity index is 1.99. The van der Waals surface area contributed by atoms with Gasteiger partial charge in [0.15, 0.2) is 0 Å². The van der Waals surface area contributed by atoms with Gasteiger partial charge in [-0.05, 0) is 62.9 Å². The molecule has 0 aromatic heterocycles. The van der Waals surface area contributed by atoms with Crippen LogP contribution in [0.1, 0.15) is 37.5 Å². The Kier molecular flexibility index (Phi) is 7.75. The number of hydrogen-bond donors (Lipinski definition) is 2. The normalized spacial score (nSPS) is 12.2. The SMILES string of the molecule is CC(C)(C)c1ccc(/C=C/C(=O)NCc2cc(Cl)c(NS(C)(=O)=O)c(I)c2)cc1. The lowest BCUT2D eigenvalue weighted by Crippen LogP contribution is -2.20. The zero-order chi connectivity index (χ0) is 21.8. The highest BCUT2D eigenvalue weighted by atomic mass is 127. The van der Waals surface area contributed by atoms with Gasteiger partial charge in [0, 0.05) is 16.2 Å². The molecule has 0 atom stereocenters. The number of anilines is 1. The topological polar surface area (TPSA) is 75.3 Å². The number of halogens is 2. The van der Waals surface area contributed by atoms with Crippen molar-refractivity contribution in [2.45, 2.75) is 32.7 Å². The van der Waals surface area contributed by atoms with Crippen LogP contribution in [0.2, 0.25) is 5.02 Å². The molecular formula is C21H24ClIN2O3S. The smallest absolute Gasteiger partial charge is 0.244 e. The Hall–Kier alpha value is -1.58. The number of carbonyl (C=O) groups excluding carboxylic acids is 1. The number of amides is 1. The molecule has 0 aliphatic heterocycles. The highest BCUT2D eigenvalue weighted by molar-refractivity contribution is 14.1. The molecule has 156 valence electrons. The number of hydrogen-bond acceptors (Lipinski definition) is 3. The average molecular weight is 547 g/mol. The van der Waals surface area contributed by atoms with Gasteiger partial charge < -0.3 is 5.32 Å². The van der Waals surface area contributed by atoms with Crippen molar-refractivity contribution >= 4 is 61.9 Å². The molecule has 5 nitrogen and oxygen atoms in total. The minimum absolute atomic E-state index is 0.0881. The van der Waals surface area contributed by atoms with Gasteiger partial charge in [0.2, 0.25) is 15.9 Å². The second kappa shape index (κ2) is 9.49. The van der Waals surface area contributed by atoms with Gasteiger partial charge in [0.25, 0.3) is 0 Å². The molecule has 0 saturated carbocycles. The van der Waals surface area contributed by atoms with Crippen LogP contribution in [0.15, 0.2) is 42.5 Å². The van der Waals surface area contributed by atoms with Crippen LogP contribution in [-0.2, 0) is 26.8 Å². The van der Waals surface area contributed by atoms with Crippen molar-refractivity contribution in [2.75, 3.05) is 11.0 Å². The Bertz CT molecular complexity index is 1000. The highest BCUT2D eigenvalue weighted by Crippen LogP contribution is 2.30. The Morgan fingerprint density at radius 2 is 1.79 bits per heavy atom. The van der Waals surface area contributed by atoms with E-state index in [0.29, 0.717) is 9.26 Å². The van der Waals surface area contributed by atoms with Crippen LogP contribution in [0.3, 0.4) is 0 Å². The Labute approximate surface area is 191 Å². The molecule has 29 heavy (non-hydrogen) atoms. The predicted molar refractivity (Wildman–Crippen MR) is 129 cm³/mol. The zero-order valence-corrected chi connectivity index (χ0v) is 20.4. The minimum atomic E-state index is -3.42. The summed E-state index contributed by atoms with van der Waals surface area (Å²) in [6, 6.07) is 11.5. The number of sulfonamides is 1. The Morgan fingerprint density at radius 1 is 1.17 bits per heavy atom. The fourth-order valence-electron chi connectivity index (χ4n) is 2.52. The molecule has 0 bridgehead atoms. The second-order valence-electron chi connectivity index (χ2n) is 7.73. The van der Waals surface area contributed by atoms with Crippen LogP contribution in [0.25, 0.3) is 6.08 Å². The molecule has 2 N–H and O–H groups in total. The Morgan fingerprint density at radius 3 is 2.31 bits per heavy atom. The van der Waals surface area contributed by atoms with Crippen molar-refractivity contribution in [2.24, 2.45) is 0 Å². The first-order valence-electron chi connectivity index (χ1n) is 8.87. The molecule has 1 amide bonds. The average Bonchev–Trinajstić information content (AvgIpc) is 2.60. The third kappa shape index (κ3) is 7.64. The number of benzene rings is 2. The number of nitrogens with one attached hydrogen (secondary N) is 2. The van der Waals surface area contributed by atoms with E-state index in [4.69, 9.17) is 11.6 Å². The van der Waals surface area contributed by atoms with E-state index < -0.39 is 10.0 Å². The lowest BCUT2D eigenvalue weighted by Gasteiger charge is -2.18. The maximum atomic E-state index is 12.1. The molecule has 8 heteroatoms. The van der Waals surface area contributed by atoms with E-state index in [2.05, 4.69) is 42.9 Å². The van der Waals surface area contributed by atoms with E-state index in [9.17, 15) is 13.2 Å². The maximum absolute atomic E-state index is 12.1. The van der Waals surface area contributed by atoms with Crippen LogP contribution in [-0.4, -0.2) is 20.6 Å². The summed E-state index contributed by atoms with van der Waals surface area (Å²) >= 11 is 8.19. The van der Waals surface area contributed by atoms with E-state index in [1.807, 2.05) is 34.7 Å². The first kappa shape index (κ1) is 23.7. The van der Waals surface area contributed by atoms with Gasteiger partial charge in [-0.2, -0.15) is 0 Å². The lowest BCUT2D eigenvalue weighted by atomic mass is 9.87. The summed E-state index contributed by atoms with van der Waals surface area (Å²) < 4.78 is 25.9. The summed E-state index contributed by atoms with van der Waals surface area (Å²) in [6.07, 6.45) is 4.31. The van der Waals surface area contributed by atoms with E-state index >= 15 is 0 Å². The first-order chi connectivity index (χ1) is 13.3. The van der Waals surface area contributed by atoms with Crippen molar-refractivity contribution in [1.82, 2.24) is 5.32 Å². The van der Waals surface area contributed by atoms with Crippen molar-refractivity contribution < 1.29 is 13.2 Å². The predicted octanol–water partition coefficient (Wildman–Crippen LogP) is 4.94. The molecule has 0 radical (unpaired) electrons. The molecule has 0 heterocycles. The van der Waals surface area contributed by atoms with Gasteiger partial charge in [-0.15, -0.1) is 0 Å². The van der Waals surface area contributed by atoms with Gasteiger partial charge in [0.05, 0.1) is 17.0 Å². The molecular weight excluding hydrogens is 523 g/mol. The van der Waals surface area contributed by atoms with Crippen molar-refractivity contribution in [3.05, 3.63) is 67.8 Å². The van der Waals surface area contributed by atoms with Crippen LogP contribution >= 0.6 is 34.2 Å². The van der Waals surface area contributed by atoms with Crippen molar-refractivity contribution in [3.8, 4) is 0 Å². The van der Waals surface area contributed by atoms with Gasteiger partial charge in [0.1, 0.15) is 0 Å².